The van der Waals surface area contributed by atoms with Crippen LogP contribution in [0.1, 0.15) is 0 Å². The number of hydrogen-bond donors (Lipinski definition) is 1. The summed E-state index contributed by atoms with van der Waals surface area (Å²) in [5.41, 5.74) is 7.55. The molecule has 2 aromatic rings. The zero-order valence-corrected chi connectivity index (χ0v) is 10.4. The summed E-state index contributed by atoms with van der Waals surface area (Å²) in [6.45, 7) is 1.04. The molecule has 3 nitrogen and oxygen atoms in total. The predicted molar refractivity (Wildman–Crippen MR) is 73.0 cm³/mol. The van der Waals surface area contributed by atoms with E-state index in [1.165, 1.54) is 0 Å². The smallest absolute Gasteiger partial charge is 0.126 e. The number of rotatable bonds is 5. The van der Waals surface area contributed by atoms with Gasteiger partial charge in [0.05, 0.1) is 7.11 Å². The van der Waals surface area contributed by atoms with Crippen molar-refractivity contribution < 1.29 is 9.47 Å². The average molecular weight is 243 g/mol. The fourth-order valence-electron chi connectivity index (χ4n) is 1.81. The van der Waals surface area contributed by atoms with Crippen LogP contribution in [0.5, 0.6) is 11.5 Å². The summed E-state index contributed by atoms with van der Waals surface area (Å²) in [6.07, 6.45) is 0. The van der Waals surface area contributed by atoms with Crippen molar-refractivity contribution in [2.45, 2.75) is 0 Å². The van der Waals surface area contributed by atoms with Crippen molar-refractivity contribution in [2.75, 3.05) is 20.3 Å². The summed E-state index contributed by atoms with van der Waals surface area (Å²) in [6, 6.07) is 15.8. The molecular formula is C15H17NO2. The van der Waals surface area contributed by atoms with Crippen LogP contribution in [-0.2, 0) is 0 Å². The highest BCUT2D eigenvalue weighted by Gasteiger charge is 2.05. The van der Waals surface area contributed by atoms with Gasteiger partial charge in [-0.05, 0) is 23.8 Å². The Balaban J connectivity index is 2.32. The van der Waals surface area contributed by atoms with E-state index in [2.05, 4.69) is 0 Å². The number of para-hydroxylation sites is 1. The Morgan fingerprint density at radius 1 is 1.06 bits per heavy atom. The van der Waals surface area contributed by atoms with E-state index < -0.39 is 0 Å². The maximum absolute atomic E-state index is 5.52. The fraction of sp³-hybridized carbons (Fsp3) is 0.200. The van der Waals surface area contributed by atoms with Gasteiger partial charge in [-0.15, -0.1) is 0 Å². The minimum atomic E-state index is 0.513. The van der Waals surface area contributed by atoms with Crippen molar-refractivity contribution in [3.63, 3.8) is 0 Å². The minimum Gasteiger partial charge on any atom is -0.496 e. The molecule has 2 N–H and O–H groups in total. The SMILES string of the molecule is COc1ccccc1-c1cccc(OCCN)c1. The number of nitrogens with two attached hydrogens (primary N) is 1. The molecule has 0 bridgehead atoms. The molecule has 18 heavy (non-hydrogen) atoms. The van der Waals surface area contributed by atoms with Crippen LogP contribution < -0.4 is 15.2 Å². The maximum atomic E-state index is 5.52. The molecule has 0 aliphatic heterocycles. The second-order valence-electron chi connectivity index (χ2n) is 3.87. The number of benzene rings is 2. The molecular weight excluding hydrogens is 226 g/mol. The molecule has 0 saturated heterocycles. The highest BCUT2D eigenvalue weighted by Crippen LogP contribution is 2.31. The van der Waals surface area contributed by atoms with Gasteiger partial charge >= 0.3 is 0 Å². The second-order valence-corrected chi connectivity index (χ2v) is 3.87. The normalized spacial score (nSPS) is 10.1. The highest BCUT2D eigenvalue weighted by atomic mass is 16.5. The van der Waals surface area contributed by atoms with Gasteiger partial charge < -0.3 is 15.2 Å². The molecule has 0 atom stereocenters. The van der Waals surface area contributed by atoms with E-state index in [4.69, 9.17) is 15.2 Å². The van der Waals surface area contributed by atoms with Gasteiger partial charge in [-0.25, -0.2) is 0 Å². The average Bonchev–Trinajstić information content (AvgIpc) is 2.45. The molecule has 2 aromatic carbocycles. The number of methoxy groups -OCH3 is 1. The summed E-state index contributed by atoms with van der Waals surface area (Å²) in [4.78, 5) is 0. The molecule has 0 heterocycles. The van der Waals surface area contributed by atoms with Crippen molar-refractivity contribution in [2.24, 2.45) is 5.73 Å². The molecule has 94 valence electrons. The van der Waals surface area contributed by atoms with E-state index in [0.29, 0.717) is 13.2 Å². The number of hydrogen-bond acceptors (Lipinski definition) is 3. The van der Waals surface area contributed by atoms with E-state index in [1.54, 1.807) is 7.11 Å². The highest BCUT2D eigenvalue weighted by molar-refractivity contribution is 5.71. The zero-order chi connectivity index (χ0) is 12.8. The standard InChI is InChI=1S/C15H17NO2/c1-17-15-8-3-2-7-14(15)12-5-4-6-13(11-12)18-10-9-16/h2-8,11H,9-10,16H2,1H3. The molecule has 0 aliphatic rings. The van der Waals surface area contributed by atoms with Crippen LogP contribution in [0.3, 0.4) is 0 Å². The molecule has 0 aliphatic carbocycles. The van der Waals surface area contributed by atoms with Crippen molar-refractivity contribution in [1.29, 1.82) is 0 Å². The Labute approximate surface area is 107 Å². The van der Waals surface area contributed by atoms with Gasteiger partial charge in [-0.2, -0.15) is 0 Å². The van der Waals surface area contributed by atoms with Crippen LogP contribution in [0.2, 0.25) is 0 Å². The maximum Gasteiger partial charge on any atom is 0.126 e. The van der Waals surface area contributed by atoms with E-state index in [1.807, 2.05) is 48.5 Å². The van der Waals surface area contributed by atoms with Crippen LogP contribution in [0.4, 0.5) is 0 Å². The third kappa shape index (κ3) is 2.81. The largest absolute Gasteiger partial charge is 0.496 e. The number of ether oxygens (including phenoxy) is 2. The first-order valence-electron chi connectivity index (χ1n) is 5.91. The van der Waals surface area contributed by atoms with Crippen LogP contribution in [-0.4, -0.2) is 20.3 Å². The van der Waals surface area contributed by atoms with E-state index in [-0.39, 0.29) is 0 Å². The molecule has 0 radical (unpaired) electrons. The molecule has 0 unspecified atom stereocenters. The third-order valence-electron chi connectivity index (χ3n) is 2.64. The molecule has 3 heteroatoms. The Hall–Kier alpha value is -2.00. The van der Waals surface area contributed by atoms with Crippen molar-refractivity contribution in [3.05, 3.63) is 48.5 Å². The Kier molecular flexibility index (Phi) is 4.20. The van der Waals surface area contributed by atoms with Gasteiger partial charge in [0.1, 0.15) is 18.1 Å². The summed E-state index contributed by atoms with van der Waals surface area (Å²) in [5, 5.41) is 0. The quantitative estimate of drug-likeness (QED) is 0.878. The van der Waals surface area contributed by atoms with Crippen molar-refractivity contribution in [3.8, 4) is 22.6 Å². The van der Waals surface area contributed by atoms with E-state index >= 15 is 0 Å². The van der Waals surface area contributed by atoms with Gasteiger partial charge in [-0.1, -0.05) is 30.3 Å². The third-order valence-corrected chi connectivity index (χ3v) is 2.64. The molecule has 0 spiro atoms. The lowest BCUT2D eigenvalue weighted by Gasteiger charge is -2.10. The van der Waals surface area contributed by atoms with Gasteiger partial charge in [-0.3, -0.25) is 0 Å². The van der Waals surface area contributed by atoms with E-state index in [9.17, 15) is 0 Å². The molecule has 0 amide bonds. The first-order valence-corrected chi connectivity index (χ1v) is 5.91. The van der Waals surface area contributed by atoms with Crippen molar-refractivity contribution in [1.82, 2.24) is 0 Å². The Morgan fingerprint density at radius 3 is 2.67 bits per heavy atom. The minimum absolute atomic E-state index is 0.513. The lowest BCUT2D eigenvalue weighted by atomic mass is 10.0. The van der Waals surface area contributed by atoms with Crippen LogP contribution >= 0.6 is 0 Å². The summed E-state index contributed by atoms with van der Waals surface area (Å²) >= 11 is 0. The van der Waals surface area contributed by atoms with Gasteiger partial charge in [0.25, 0.3) is 0 Å². The zero-order valence-electron chi connectivity index (χ0n) is 10.4. The lowest BCUT2D eigenvalue weighted by Crippen LogP contribution is -2.10. The molecule has 0 saturated carbocycles. The van der Waals surface area contributed by atoms with Crippen molar-refractivity contribution >= 4 is 0 Å². The molecule has 2 rings (SSSR count). The first kappa shape index (κ1) is 12.5. The summed E-state index contributed by atoms with van der Waals surface area (Å²) < 4.78 is 10.9. The molecule has 0 fully saturated rings. The Bertz CT molecular complexity index is 511. The fourth-order valence-corrected chi connectivity index (χ4v) is 1.81. The lowest BCUT2D eigenvalue weighted by molar-refractivity contribution is 0.328. The molecule has 0 aromatic heterocycles. The Morgan fingerprint density at radius 2 is 1.89 bits per heavy atom. The van der Waals surface area contributed by atoms with Crippen LogP contribution in [0, 0.1) is 0 Å². The summed E-state index contributed by atoms with van der Waals surface area (Å²) in [5.74, 6) is 1.68. The van der Waals surface area contributed by atoms with Crippen LogP contribution in [0.15, 0.2) is 48.5 Å². The second kappa shape index (κ2) is 6.07. The monoisotopic (exact) mass is 243 g/mol. The van der Waals surface area contributed by atoms with E-state index in [0.717, 1.165) is 22.6 Å². The first-order chi connectivity index (χ1) is 8.85. The summed E-state index contributed by atoms with van der Waals surface area (Å²) in [7, 11) is 1.67. The van der Waals surface area contributed by atoms with Crippen LogP contribution in [0.25, 0.3) is 11.1 Å². The van der Waals surface area contributed by atoms with Gasteiger partial charge in [0.2, 0.25) is 0 Å². The van der Waals surface area contributed by atoms with Gasteiger partial charge in [0, 0.05) is 12.1 Å². The predicted octanol–water partition coefficient (Wildman–Crippen LogP) is 2.70. The van der Waals surface area contributed by atoms with Gasteiger partial charge in [0.15, 0.2) is 0 Å². The topological polar surface area (TPSA) is 44.5 Å².